The molecule has 3 amide bonds. The molecule has 2 rings (SSSR count). The van der Waals surface area contributed by atoms with Crippen LogP contribution in [0.2, 0.25) is 0 Å². The fourth-order valence-electron chi connectivity index (χ4n) is 4.01. The highest BCUT2D eigenvalue weighted by Gasteiger charge is 2.56. The van der Waals surface area contributed by atoms with E-state index in [1.54, 1.807) is 0 Å². The van der Waals surface area contributed by atoms with E-state index in [1.165, 1.54) is 6.92 Å². The number of carbonyl (C=O) groups is 4. The van der Waals surface area contributed by atoms with E-state index in [1.807, 2.05) is 0 Å². The Bertz CT molecular complexity index is 557. The van der Waals surface area contributed by atoms with Gasteiger partial charge in [-0.15, -0.1) is 0 Å². The fourth-order valence-corrected chi connectivity index (χ4v) is 4.01. The first-order valence-electron chi connectivity index (χ1n) is 7.84. The largest absolute Gasteiger partial charge is 0.456 e. The zero-order chi connectivity index (χ0) is 17.4. The summed E-state index contributed by atoms with van der Waals surface area (Å²) in [6.45, 7) is 6.70. The number of ketones is 1. The van der Waals surface area contributed by atoms with Gasteiger partial charge in [-0.25, -0.2) is 4.79 Å². The molecule has 7 heteroatoms. The summed E-state index contributed by atoms with van der Waals surface area (Å²) in [7, 11) is 0. The molecule has 1 heterocycles. The third-order valence-corrected chi connectivity index (χ3v) is 4.35. The smallest absolute Gasteiger partial charge is 0.326 e. The Balaban J connectivity index is 2.10. The van der Waals surface area contributed by atoms with Gasteiger partial charge in [0.05, 0.1) is 0 Å². The Hall–Kier alpha value is -1.92. The van der Waals surface area contributed by atoms with E-state index in [0.29, 0.717) is 18.8 Å². The highest BCUT2D eigenvalue weighted by atomic mass is 16.5. The van der Waals surface area contributed by atoms with Crippen molar-refractivity contribution in [3.05, 3.63) is 0 Å². The molecular formula is C16H24N2O5. The molecule has 128 valence electrons. The second-order valence-electron chi connectivity index (χ2n) is 7.62. The summed E-state index contributed by atoms with van der Waals surface area (Å²) < 4.78 is 4.74. The van der Waals surface area contributed by atoms with Gasteiger partial charge in [-0.1, -0.05) is 20.8 Å². The normalized spacial score (nSPS) is 29.6. The second kappa shape index (κ2) is 5.94. The van der Waals surface area contributed by atoms with E-state index < -0.39 is 24.1 Å². The average molecular weight is 324 g/mol. The van der Waals surface area contributed by atoms with Crippen LogP contribution >= 0.6 is 0 Å². The van der Waals surface area contributed by atoms with Crippen LogP contribution in [0, 0.1) is 11.3 Å². The van der Waals surface area contributed by atoms with Gasteiger partial charge in [-0.2, -0.15) is 0 Å². The van der Waals surface area contributed by atoms with Crippen molar-refractivity contribution in [1.82, 2.24) is 10.2 Å². The van der Waals surface area contributed by atoms with Gasteiger partial charge < -0.3 is 10.1 Å². The van der Waals surface area contributed by atoms with Gasteiger partial charge in [0.1, 0.15) is 18.7 Å². The van der Waals surface area contributed by atoms with Crippen molar-refractivity contribution in [2.45, 2.75) is 52.5 Å². The van der Waals surface area contributed by atoms with Crippen molar-refractivity contribution in [2.75, 3.05) is 13.2 Å². The molecular weight excluding hydrogens is 300 g/mol. The monoisotopic (exact) mass is 324 g/mol. The number of nitrogens with zero attached hydrogens (tertiary/aromatic N) is 1. The molecule has 1 N–H and O–H groups in total. The van der Waals surface area contributed by atoms with Crippen molar-refractivity contribution in [1.29, 1.82) is 0 Å². The maximum Gasteiger partial charge on any atom is 0.326 e. The molecule has 23 heavy (non-hydrogen) atoms. The van der Waals surface area contributed by atoms with Crippen LogP contribution in [-0.4, -0.2) is 47.3 Å². The first-order chi connectivity index (χ1) is 10.5. The van der Waals surface area contributed by atoms with E-state index in [4.69, 9.17) is 4.74 Å². The topological polar surface area (TPSA) is 92.8 Å². The number of Topliss-reactive ketones (excluding diaryl/α,β-unsaturated/α-hetero) is 1. The number of esters is 1. The molecule has 1 aliphatic heterocycles. The maximum atomic E-state index is 12.8. The van der Waals surface area contributed by atoms with Crippen molar-refractivity contribution in [3.63, 3.8) is 0 Å². The summed E-state index contributed by atoms with van der Waals surface area (Å²) in [5, 5.41) is 2.79. The highest BCUT2D eigenvalue weighted by Crippen LogP contribution is 2.46. The first-order valence-corrected chi connectivity index (χ1v) is 7.84. The Labute approximate surface area is 135 Å². The number of ether oxygens (including phenoxy) is 1. The lowest BCUT2D eigenvalue weighted by molar-refractivity contribution is -0.150. The van der Waals surface area contributed by atoms with Crippen molar-refractivity contribution in [3.8, 4) is 0 Å². The predicted molar refractivity (Wildman–Crippen MR) is 81.4 cm³/mol. The van der Waals surface area contributed by atoms with Crippen LogP contribution in [0.3, 0.4) is 0 Å². The molecule has 1 aliphatic carbocycles. The third-order valence-electron chi connectivity index (χ3n) is 4.35. The summed E-state index contributed by atoms with van der Waals surface area (Å²) in [4.78, 5) is 48.4. The van der Waals surface area contributed by atoms with Crippen molar-refractivity contribution < 1.29 is 23.9 Å². The average Bonchev–Trinajstić information content (AvgIpc) is 2.58. The number of hydrogen-bond donors (Lipinski definition) is 1. The Morgan fingerprint density at radius 1 is 1.30 bits per heavy atom. The maximum absolute atomic E-state index is 12.8. The zero-order valence-corrected chi connectivity index (χ0v) is 14.1. The van der Waals surface area contributed by atoms with Crippen LogP contribution < -0.4 is 5.32 Å². The minimum Gasteiger partial charge on any atom is -0.456 e. The van der Waals surface area contributed by atoms with E-state index in [0.717, 1.165) is 11.3 Å². The van der Waals surface area contributed by atoms with Gasteiger partial charge in [0.15, 0.2) is 5.78 Å². The molecule has 0 bridgehead atoms. The zero-order valence-electron chi connectivity index (χ0n) is 14.1. The predicted octanol–water partition coefficient (Wildman–Crippen LogP) is 1.26. The van der Waals surface area contributed by atoms with Gasteiger partial charge in [0, 0.05) is 0 Å². The van der Waals surface area contributed by atoms with E-state index in [2.05, 4.69) is 26.1 Å². The standard InChI is InChI=1S/C16H24N2O5/c1-10-5-15(3,4)9-16(6-10)13(21)18(14(22)17-16)7-12(20)23-8-11(2)19/h10H,5-9H2,1-4H3,(H,17,22)/t10-,16-/m1/s1. The number of urea groups is 1. The summed E-state index contributed by atoms with van der Waals surface area (Å²) in [5.41, 5.74) is -0.995. The third kappa shape index (κ3) is 3.71. The molecule has 0 aromatic heterocycles. The number of amides is 3. The Kier molecular flexibility index (Phi) is 4.50. The molecule has 1 spiro atoms. The summed E-state index contributed by atoms with van der Waals surface area (Å²) in [6.07, 6.45) is 2.10. The van der Waals surface area contributed by atoms with E-state index in [9.17, 15) is 19.2 Å². The van der Waals surface area contributed by atoms with Crippen LogP contribution in [0.4, 0.5) is 4.79 Å². The molecule has 1 saturated carbocycles. The first kappa shape index (κ1) is 17.4. The minimum absolute atomic E-state index is 0.0637. The molecule has 0 radical (unpaired) electrons. The SMILES string of the molecule is CC(=O)COC(=O)CN1C(=O)N[C@@]2(C[C@H](C)CC(C)(C)C2)C1=O. The minimum atomic E-state index is -0.931. The molecule has 2 aliphatic rings. The molecule has 0 unspecified atom stereocenters. The van der Waals surface area contributed by atoms with E-state index in [-0.39, 0.29) is 23.7 Å². The Morgan fingerprint density at radius 3 is 2.52 bits per heavy atom. The Morgan fingerprint density at radius 2 is 1.96 bits per heavy atom. The lowest BCUT2D eigenvalue weighted by Gasteiger charge is -2.43. The molecule has 7 nitrogen and oxygen atoms in total. The van der Waals surface area contributed by atoms with Gasteiger partial charge in [0.25, 0.3) is 5.91 Å². The van der Waals surface area contributed by atoms with E-state index >= 15 is 0 Å². The molecule has 2 fully saturated rings. The second-order valence-corrected chi connectivity index (χ2v) is 7.62. The number of hydrogen-bond acceptors (Lipinski definition) is 5. The fraction of sp³-hybridized carbons (Fsp3) is 0.750. The molecule has 0 aromatic rings. The van der Waals surface area contributed by atoms with Gasteiger partial charge >= 0.3 is 12.0 Å². The van der Waals surface area contributed by atoms with Crippen molar-refractivity contribution >= 4 is 23.7 Å². The molecule has 0 aromatic carbocycles. The van der Waals surface area contributed by atoms with Gasteiger partial charge in [-0.3, -0.25) is 19.3 Å². The van der Waals surface area contributed by atoms with Gasteiger partial charge in [-0.05, 0) is 37.5 Å². The van der Waals surface area contributed by atoms with Crippen LogP contribution in [-0.2, 0) is 19.1 Å². The quantitative estimate of drug-likeness (QED) is 0.621. The van der Waals surface area contributed by atoms with Crippen LogP contribution in [0.1, 0.15) is 47.0 Å². The summed E-state index contributed by atoms with van der Waals surface area (Å²) in [5.74, 6) is -1.13. The van der Waals surface area contributed by atoms with Crippen LogP contribution in [0.5, 0.6) is 0 Å². The van der Waals surface area contributed by atoms with Gasteiger partial charge in [0.2, 0.25) is 0 Å². The van der Waals surface area contributed by atoms with Crippen molar-refractivity contribution in [2.24, 2.45) is 11.3 Å². The lowest BCUT2D eigenvalue weighted by Crippen LogP contribution is -2.54. The number of rotatable bonds is 4. The molecule has 2 atom stereocenters. The number of carbonyl (C=O) groups excluding carboxylic acids is 4. The molecule has 1 saturated heterocycles. The number of imide groups is 1. The highest BCUT2D eigenvalue weighted by molar-refractivity contribution is 6.08. The van der Waals surface area contributed by atoms with Crippen LogP contribution in [0.15, 0.2) is 0 Å². The van der Waals surface area contributed by atoms with Crippen LogP contribution in [0.25, 0.3) is 0 Å². The summed E-state index contributed by atoms with van der Waals surface area (Å²) in [6, 6.07) is -0.570. The number of nitrogens with one attached hydrogen (secondary N) is 1. The lowest BCUT2D eigenvalue weighted by atomic mass is 9.64. The summed E-state index contributed by atoms with van der Waals surface area (Å²) >= 11 is 0.